The minimum atomic E-state index is -0.348. The van der Waals surface area contributed by atoms with Crippen molar-refractivity contribution in [3.05, 3.63) is 21.9 Å². The first kappa shape index (κ1) is 12.8. The molecular formula is C10H11BrClN3O2. The normalized spacial score (nSPS) is 20.0. The number of nitrogens with zero attached hydrogens (tertiary/aromatic N) is 1. The smallest absolute Gasteiger partial charge is 0.243 e. The number of halogens is 2. The Labute approximate surface area is 112 Å². The van der Waals surface area contributed by atoms with E-state index in [0.29, 0.717) is 25.4 Å². The molecule has 0 radical (unpaired) electrons. The predicted molar refractivity (Wildman–Crippen MR) is 68.2 cm³/mol. The van der Waals surface area contributed by atoms with Crippen LogP contribution >= 0.6 is 27.5 Å². The number of hydrogen-bond acceptors (Lipinski definition) is 4. The van der Waals surface area contributed by atoms with Crippen LogP contribution in [0.5, 0.6) is 0 Å². The lowest BCUT2D eigenvalue weighted by molar-refractivity contribution is -0.120. The topological polar surface area (TPSA) is 63.2 Å². The van der Waals surface area contributed by atoms with Gasteiger partial charge in [-0.3, -0.25) is 4.79 Å². The summed E-state index contributed by atoms with van der Waals surface area (Å²) in [5.74, 6) is -0.175. The van der Waals surface area contributed by atoms with Crippen molar-refractivity contribution in [1.82, 2.24) is 10.3 Å². The van der Waals surface area contributed by atoms with E-state index in [1.807, 2.05) is 0 Å². The lowest BCUT2D eigenvalue weighted by Crippen LogP contribution is -2.48. The molecule has 1 unspecified atom stereocenters. The standard InChI is InChI=1S/C10H11BrClN3O2/c11-6-3-7(9(12)14-4-6)15-10(16)8-5-17-2-1-13-8/h3-4,8,13H,1-2,5H2,(H,15,16). The Balaban J connectivity index is 2.04. The van der Waals surface area contributed by atoms with E-state index < -0.39 is 0 Å². The van der Waals surface area contributed by atoms with Gasteiger partial charge in [0.25, 0.3) is 0 Å². The van der Waals surface area contributed by atoms with E-state index in [2.05, 4.69) is 31.5 Å². The number of pyridine rings is 1. The van der Waals surface area contributed by atoms with Gasteiger partial charge in [-0.25, -0.2) is 4.98 Å². The van der Waals surface area contributed by atoms with Crippen LogP contribution in [0.2, 0.25) is 5.15 Å². The summed E-state index contributed by atoms with van der Waals surface area (Å²) in [6.45, 7) is 1.66. The van der Waals surface area contributed by atoms with Gasteiger partial charge in [-0.05, 0) is 22.0 Å². The van der Waals surface area contributed by atoms with E-state index in [-0.39, 0.29) is 17.1 Å². The van der Waals surface area contributed by atoms with Crippen molar-refractivity contribution in [2.24, 2.45) is 0 Å². The third-order valence-corrected chi connectivity index (χ3v) is 3.04. The fourth-order valence-electron chi connectivity index (χ4n) is 1.46. The number of hydrogen-bond donors (Lipinski definition) is 2. The lowest BCUT2D eigenvalue weighted by Gasteiger charge is -2.23. The molecule has 92 valence electrons. The molecule has 1 aliphatic heterocycles. The van der Waals surface area contributed by atoms with Crippen molar-refractivity contribution < 1.29 is 9.53 Å². The number of carbonyl (C=O) groups excluding carboxylic acids is 1. The zero-order valence-corrected chi connectivity index (χ0v) is 11.2. The van der Waals surface area contributed by atoms with Crippen LogP contribution in [0.25, 0.3) is 0 Å². The number of amides is 1. The highest BCUT2D eigenvalue weighted by molar-refractivity contribution is 9.10. The maximum absolute atomic E-state index is 11.9. The van der Waals surface area contributed by atoms with Crippen LogP contribution in [0.1, 0.15) is 0 Å². The largest absolute Gasteiger partial charge is 0.378 e. The van der Waals surface area contributed by atoms with Gasteiger partial charge in [0, 0.05) is 17.2 Å². The summed E-state index contributed by atoms with van der Waals surface area (Å²) in [6, 6.07) is 1.36. The molecule has 1 aromatic rings. The van der Waals surface area contributed by atoms with Crippen LogP contribution in [0.4, 0.5) is 5.69 Å². The molecule has 2 rings (SSSR count). The van der Waals surface area contributed by atoms with Gasteiger partial charge in [-0.15, -0.1) is 0 Å². The van der Waals surface area contributed by atoms with Gasteiger partial charge in [-0.1, -0.05) is 11.6 Å². The second kappa shape index (κ2) is 5.77. The van der Waals surface area contributed by atoms with Crippen molar-refractivity contribution in [1.29, 1.82) is 0 Å². The summed E-state index contributed by atoms with van der Waals surface area (Å²) >= 11 is 9.15. The molecule has 0 saturated carbocycles. The number of morpholine rings is 1. The van der Waals surface area contributed by atoms with Crippen molar-refractivity contribution in [2.45, 2.75) is 6.04 Å². The second-order valence-electron chi connectivity index (χ2n) is 3.56. The Morgan fingerprint density at radius 2 is 2.53 bits per heavy atom. The third kappa shape index (κ3) is 3.38. The molecule has 0 bridgehead atoms. The third-order valence-electron chi connectivity index (χ3n) is 2.30. The number of aromatic nitrogens is 1. The number of ether oxygens (including phenoxy) is 1. The van der Waals surface area contributed by atoms with Gasteiger partial charge >= 0.3 is 0 Å². The maximum Gasteiger partial charge on any atom is 0.243 e. The quantitative estimate of drug-likeness (QED) is 0.809. The molecule has 1 fully saturated rings. The number of carbonyl (C=O) groups is 1. The minimum Gasteiger partial charge on any atom is -0.378 e. The van der Waals surface area contributed by atoms with Crippen LogP contribution in [0, 0.1) is 0 Å². The van der Waals surface area contributed by atoms with Crippen LogP contribution in [-0.4, -0.2) is 36.7 Å². The highest BCUT2D eigenvalue weighted by Crippen LogP contribution is 2.23. The maximum atomic E-state index is 11.9. The Kier molecular flexibility index (Phi) is 4.33. The Hall–Kier alpha value is -0.690. The number of nitrogens with one attached hydrogen (secondary N) is 2. The average molecular weight is 321 g/mol. The monoisotopic (exact) mass is 319 g/mol. The Bertz CT molecular complexity index is 424. The van der Waals surface area contributed by atoms with E-state index in [1.54, 1.807) is 12.3 Å². The van der Waals surface area contributed by atoms with Gasteiger partial charge in [0.15, 0.2) is 5.15 Å². The van der Waals surface area contributed by atoms with Crippen LogP contribution < -0.4 is 10.6 Å². The summed E-state index contributed by atoms with van der Waals surface area (Å²) in [7, 11) is 0. The molecule has 1 saturated heterocycles. The average Bonchev–Trinajstić information content (AvgIpc) is 2.35. The predicted octanol–water partition coefficient (Wildman–Crippen LogP) is 1.42. The molecule has 2 heterocycles. The van der Waals surface area contributed by atoms with Crippen molar-refractivity contribution in [3.8, 4) is 0 Å². The summed E-state index contributed by atoms with van der Waals surface area (Å²) in [6.07, 6.45) is 1.57. The number of anilines is 1. The summed E-state index contributed by atoms with van der Waals surface area (Å²) in [4.78, 5) is 15.8. The molecule has 2 N–H and O–H groups in total. The van der Waals surface area contributed by atoms with Crippen molar-refractivity contribution in [2.75, 3.05) is 25.1 Å². The summed E-state index contributed by atoms with van der Waals surface area (Å²) in [5.41, 5.74) is 0.485. The molecule has 0 aromatic carbocycles. The molecule has 7 heteroatoms. The van der Waals surface area contributed by atoms with Crippen LogP contribution in [0.3, 0.4) is 0 Å². The fourth-order valence-corrected chi connectivity index (χ4v) is 1.95. The van der Waals surface area contributed by atoms with Crippen molar-refractivity contribution >= 4 is 39.1 Å². The Morgan fingerprint density at radius 3 is 3.24 bits per heavy atom. The summed E-state index contributed by atoms with van der Waals surface area (Å²) in [5, 5.41) is 6.04. The van der Waals surface area contributed by atoms with Crippen molar-refractivity contribution in [3.63, 3.8) is 0 Å². The SMILES string of the molecule is O=C(Nc1cc(Br)cnc1Cl)C1COCCN1. The molecule has 5 nitrogen and oxygen atoms in total. The highest BCUT2D eigenvalue weighted by Gasteiger charge is 2.21. The van der Waals surface area contributed by atoms with E-state index in [0.717, 1.165) is 4.47 Å². The summed E-state index contributed by atoms with van der Waals surface area (Å²) < 4.78 is 5.97. The molecule has 0 spiro atoms. The molecule has 1 aromatic heterocycles. The van der Waals surface area contributed by atoms with E-state index >= 15 is 0 Å². The van der Waals surface area contributed by atoms with Gasteiger partial charge in [-0.2, -0.15) is 0 Å². The first-order valence-corrected chi connectivity index (χ1v) is 6.27. The number of rotatable bonds is 2. The molecule has 1 atom stereocenters. The zero-order valence-electron chi connectivity index (χ0n) is 8.87. The molecule has 0 aliphatic carbocycles. The van der Waals surface area contributed by atoms with E-state index in [9.17, 15) is 4.79 Å². The highest BCUT2D eigenvalue weighted by atomic mass is 79.9. The van der Waals surface area contributed by atoms with Gasteiger partial charge in [0.05, 0.1) is 18.9 Å². The molecule has 1 aliphatic rings. The van der Waals surface area contributed by atoms with Gasteiger partial charge < -0.3 is 15.4 Å². The lowest BCUT2D eigenvalue weighted by atomic mass is 10.2. The molecule has 1 amide bonds. The zero-order chi connectivity index (χ0) is 12.3. The minimum absolute atomic E-state index is 0.175. The second-order valence-corrected chi connectivity index (χ2v) is 4.84. The Morgan fingerprint density at radius 1 is 1.71 bits per heavy atom. The van der Waals surface area contributed by atoms with Crippen LogP contribution in [0.15, 0.2) is 16.7 Å². The first-order valence-electron chi connectivity index (χ1n) is 5.10. The van der Waals surface area contributed by atoms with E-state index in [4.69, 9.17) is 16.3 Å². The first-order chi connectivity index (χ1) is 8.16. The van der Waals surface area contributed by atoms with Gasteiger partial charge in [0.2, 0.25) is 5.91 Å². The fraction of sp³-hybridized carbons (Fsp3) is 0.400. The van der Waals surface area contributed by atoms with E-state index in [1.165, 1.54) is 0 Å². The molecule has 17 heavy (non-hydrogen) atoms. The molecular weight excluding hydrogens is 309 g/mol. The van der Waals surface area contributed by atoms with Crippen LogP contribution in [-0.2, 0) is 9.53 Å². The van der Waals surface area contributed by atoms with Gasteiger partial charge in [0.1, 0.15) is 6.04 Å².